The van der Waals surface area contributed by atoms with E-state index in [4.69, 9.17) is 20.9 Å². The van der Waals surface area contributed by atoms with Crippen LogP contribution in [0.1, 0.15) is 5.76 Å². The molecule has 27 heavy (non-hydrogen) atoms. The van der Waals surface area contributed by atoms with E-state index in [-0.39, 0.29) is 5.56 Å². The molecule has 142 valence electrons. The Kier molecular flexibility index (Phi) is 4.96. The summed E-state index contributed by atoms with van der Waals surface area (Å²) >= 11 is 6.14. The van der Waals surface area contributed by atoms with E-state index in [2.05, 4.69) is 5.16 Å². The van der Waals surface area contributed by atoms with Gasteiger partial charge >= 0.3 is 0 Å². The number of benzene rings is 2. The molecule has 0 radical (unpaired) electrons. The van der Waals surface area contributed by atoms with Gasteiger partial charge in [-0.1, -0.05) is 16.8 Å². The monoisotopic (exact) mass is 413 g/mol. The minimum atomic E-state index is -4.06. The van der Waals surface area contributed by atoms with E-state index in [0.717, 1.165) is 18.4 Å². The second kappa shape index (κ2) is 6.94. The second-order valence-electron chi connectivity index (χ2n) is 5.85. The molecule has 0 amide bonds. The summed E-state index contributed by atoms with van der Waals surface area (Å²) in [7, 11) is -2.58. The van der Waals surface area contributed by atoms with E-state index < -0.39 is 26.4 Å². The number of aryl methyl sites for hydroxylation is 1. The lowest BCUT2D eigenvalue weighted by atomic mass is 9.99. The molecule has 2 aromatic carbocycles. The average molecular weight is 414 g/mol. The number of ether oxygens (including phenoxy) is 1. The zero-order valence-corrected chi connectivity index (χ0v) is 16.1. The van der Waals surface area contributed by atoms with Crippen LogP contribution in [0.5, 0.6) is 5.75 Å². The Morgan fingerprint density at radius 3 is 2.26 bits per heavy atom. The summed E-state index contributed by atoms with van der Waals surface area (Å²) in [5, 5.41) is 4.28. The summed E-state index contributed by atoms with van der Waals surface area (Å²) in [5.74, 6) is -1.61. The molecule has 0 aliphatic carbocycles. The molecule has 3 aromatic rings. The normalized spacial score (nSPS) is 11.6. The number of halogens is 3. The highest BCUT2D eigenvalue weighted by molar-refractivity contribution is 7.90. The summed E-state index contributed by atoms with van der Waals surface area (Å²) in [6, 6.07) is 6.75. The van der Waals surface area contributed by atoms with Gasteiger partial charge in [0.1, 0.15) is 33.7 Å². The van der Waals surface area contributed by atoms with Crippen molar-refractivity contribution in [1.82, 2.24) is 5.16 Å². The quantitative estimate of drug-likeness (QED) is 0.622. The highest BCUT2D eigenvalue weighted by Crippen LogP contribution is 2.38. The number of hydrogen-bond donors (Lipinski definition) is 0. The molecule has 0 aliphatic rings. The van der Waals surface area contributed by atoms with Gasteiger partial charge in [0.05, 0.1) is 17.7 Å². The van der Waals surface area contributed by atoms with Gasteiger partial charge in [0.25, 0.3) is 0 Å². The molecule has 5 nitrogen and oxygen atoms in total. The molecule has 0 bridgehead atoms. The highest BCUT2D eigenvalue weighted by Gasteiger charge is 2.24. The van der Waals surface area contributed by atoms with Crippen LogP contribution in [0.2, 0.25) is 5.02 Å². The van der Waals surface area contributed by atoms with Crippen molar-refractivity contribution in [2.45, 2.75) is 11.8 Å². The standard InChI is InChI=1S/C18H14ClF2NO4S/c1-9-16(11-7-13(20)18(14(21)8-11)27(3,23)24)17(22-26-9)10-4-5-15(25-2)12(19)6-10/h4-8H,1-3H3. The van der Waals surface area contributed by atoms with E-state index in [1.165, 1.54) is 7.11 Å². The molecule has 0 fully saturated rings. The predicted molar refractivity (Wildman–Crippen MR) is 96.7 cm³/mol. The number of rotatable bonds is 4. The van der Waals surface area contributed by atoms with E-state index in [1.54, 1.807) is 25.1 Å². The first kappa shape index (κ1) is 19.3. The van der Waals surface area contributed by atoms with E-state index in [0.29, 0.717) is 33.4 Å². The molecule has 9 heteroatoms. The van der Waals surface area contributed by atoms with Crippen LogP contribution < -0.4 is 4.74 Å². The maximum Gasteiger partial charge on any atom is 0.181 e. The molecular formula is C18H14ClF2NO4S. The molecular weight excluding hydrogens is 400 g/mol. The molecule has 3 rings (SSSR count). The number of nitrogens with zero attached hydrogens (tertiary/aromatic N) is 1. The minimum Gasteiger partial charge on any atom is -0.495 e. The van der Waals surface area contributed by atoms with Crippen LogP contribution in [-0.2, 0) is 9.84 Å². The summed E-state index contributed by atoms with van der Waals surface area (Å²) in [6.07, 6.45) is 0.740. The minimum absolute atomic E-state index is 0.0955. The number of hydrogen-bond acceptors (Lipinski definition) is 5. The molecule has 1 aromatic heterocycles. The smallest absolute Gasteiger partial charge is 0.181 e. The maximum absolute atomic E-state index is 14.3. The van der Waals surface area contributed by atoms with Crippen molar-refractivity contribution in [3.05, 3.63) is 52.7 Å². The Morgan fingerprint density at radius 2 is 1.74 bits per heavy atom. The average Bonchev–Trinajstić information content (AvgIpc) is 2.94. The zero-order valence-electron chi connectivity index (χ0n) is 14.5. The van der Waals surface area contributed by atoms with Gasteiger partial charge in [0.2, 0.25) is 0 Å². The van der Waals surface area contributed by atoms with Crippen LogP contribution in [0.15, 0.2) is 39.8 Å². The van der Waals surface area contributed by atoms with Crippen LogP contribution in [0.3, 0.4) is 0 Å². The summed E-state index contributed by atoms with van der Waals surface area (Å²) < 4.78 is 62.1. The van der Waals surface area contributed by atoms with Gasteiger partial charge in [-0.05, 0) is 42.8 Å². The lowest BCUT2D eigenvalue weighted by Gasteiger charge is -2.09. The fourth-order valence-corrected chi connectivity index (χ4v) is 3.87. The first-order valence-corrected chi connectivity index (χ1v) is 9.90. The maximum atomic E-state index is 14.3. The Labute approximate surface area is 159 Å². The van der Waals surface area contributed by atoms with Crippen LogP contribution in [-0.4, -0.2) is 26.9 Å². The predicted octanol–water partition coefficient (Wildman–Crippen LogP) is 4.66. The summed E-state index contributed by atoms with van der Waals surface area (Å²) in [4.78, 5) is -0.977. The Balaban J connectivity index is 2.20. The van der Waals surface area contributed by atoms with E-state index in [9.17, 15) is 17.2 Å². The van der Waals surface area contributed by atoms with Crippen molar-refractivity contribution in [2.24, 2.45) is 0 Å². The third-order valence-corrected chi connectivity index (χ3v) is 5.37. The Bertz CT molecular complexity index is 1120. The molecule has 0 spiro atoms. The fourth-order valence-electron chi connectivity index (χ4n) is 2.78. The summed E-state index contributed by atoms with van der Waals surface area (Å²) in [5.41, 5.74) is 1.27. The van der Waals surface area contributed by atoms with E-state index >= 15 is 0 Å². The molecule has 0 saturated heterocycles. The lowest BCUT2D eigenvalue weighted by molar-refractivity contribution is 0.400. The Morgan fingerprint density at radius 1 is 1.11 bits per heavy atom. The SMILES string of the molecule is COc1ccc(-c2noc(C)c2-c2cc(F)c(S(C)(=O)=O)c(F)c2)cc1Cl. The van der Waals surface area contributed by atoms with Gasteiger partial charge in [0, 0.05) is 11.8 Å². The van der Waals surface area contributed by atoms with Crippen LogP contribution in [0, 0.1) is 18.6 Å². The first-order chi connectivity index (χ1) is 12.6. The molecule has 0 N–H and O–H groups in total. The highest BCUT2D eigenvalue weighted by atomic mass is 35.5. The third kappa shape index (κ3) is 3.54. The first-order valence-electron chi connectivity index (χ1n) is 7.63. The second-order valence-corrected chi connectivity index (χ2v) is 8.21. The number of aromatic nitrogens is 1. The van der Waals surface area contributed by atoms with Crippen LogP contribution >= 0.6 is 11.6 Å². The van der Waals surface area contributed by atoms with Crippen LogP contribution in [0.4, 0.5) is 8.78 Å². The van der Waals surface area contributed by atoms with Gasteiger partial charge in [-0.25, -0.2) is 17.2 Å². The summed E-state index contributed by atoms with van der Waals surface area (Å²) in [6.45, 7) is 1.58. The van der Waals surface area contributed by atoms with E-state index in [1.807, 2.05) is 0 Å². The molecule has 0 unspecified atom stereocenters. The molecule has 1 heterocycles. The van der Waals surface area contributed by atoms with Crippen molar-refractivity contribution in [3.8, 4) is 28.1 Å². The van der Waals surface area contributed by atoms with Crippen molar-refractivity contribution >= 4 is 21.4 Å². The number of sulfone groups is 1. The largest absolute Gasteiger partial charge is 0.495 e. The number of methoxy groups -OCH3 is 1. The van der Waals surface area contributed by atoms with Gasteiger partial charge in [-0.2, -0.15) is 0 Å². The van der Waals surface area contributed by atoms with Gasteiger partial charge in [-0.3, -0.25) is 0 Å². The van der Waals surface area contributed by atoms with Crippen molar-refractivity contribution in [2.75, 3.05) is 13.4 Å². The van der Waals surface area contributed by atoms with Gasteiger partial charge < -0.3 is 9.26 Å². The zero-order chi connectivity index (χ0) is 19.9. The lowest BCUT2D eigenvalue weighted by Crippen LogP contribution is -2.05. The topological polar surface area (TPSA) is 69.4 Å². The molecule has 0 saturated carbocycles. The fraction of sp³-hybridized carbons (Fsp3) is 0.167. The van der Waals surface area contributed by atoms with Crippen LogP contribution in [0.25, 0.3) is 22.4 Å². The van der Waals surface area contributed by atoms with Crippen molar-refractivity contribution in [3.63, 3.8) is 0 Å². The van der Waals surface area contributed by atoms with Crippen molar-refractivity contribution < 1.29 is 26.5 Å². The Hall–Kier alpha value is -2.45. The molecule has 0 atom stereocenters. The third-order valence-electron chi connectivity index (χ3n) is 3.95. The van der Waals surface area contributed by atoms with Gasteiger partial charge in [-0.15, -0.1) is 0 Å². The van der Waals surface area contributed by atoms with Gasteiger partial charge in [0.15, 0.2) is 9.84 Å². The van der Waals surface area contributed by atoms with Crippen molar-refractivity contribution in [1.29, 1.82) is 0 Å². The molecule has 0 aliphatic heterocycles.